The summed E-state index contributed by atoms with van der Waals surface area (Å²) in [7, 11) is 0. The molecule has 2 amide bonds. The first kappa shape index (κ1) is 19.9. The zero-order chi connectivity index (χ0) is 20.3. The van der Waals surface area contributed by atoms with Crippen LogP contribution in [0.15, 0.2) is 41.0 Å². The normalized spacial score (nSPS) is 14.6. The van der Waals surface area contributed by atoms with Gasteiger partial charge in [0.2, 0.25) is 6.54 Å². The third-order valence-corrected chi connectivity index (χ3v) is 4.48. The van der Waals surface area contributed by atoms with Crippen molar-refractivity contribution < 1.29 is 31.8 Å². The quantitative estimate of drug-likeness (QED) is 0.782. The maximum Gasteiger partial charge on any atom is 0.416 e. The number of alkyl halides is 3. The van der Waals surface area contributed by atoms with Gasteiger partial charge in [-0.25, -0.2) is 4.58 Å². The fraction of sp³-hybridized carbons (Fsp3) is 0.278. The summed E-state index contributed by atoms with van der Waals surface area (Å²) in [5.41, 5.74) is -1.00. The van der Waals surface area contributed by atoms with Gasteiger partial charge in [0.15, 0.2) is 18.5 Å². The van der Waals surface area contributed by atoms with Crippen molar-refractivity contribution in [3.05, 3.63) is 52.9 Å². The molecule has 6 nitrogen and oxygen atoms in total. The second kappa shape index (κ2) is 8.05. The molecule has 0 fully saturated rings. The molecule has 0 saturated carbocycles. The molecule has 0 saturated heterocycles. The minimum Gasteiger partial charge on any atom is -0.459 e. The van der Waals surface area contributed by atoms with Crippen LogP contribution in [0, 0.1) is 0 Å². The first-order valence-corrected chi connectivity index (χ1v) is 8.68. The van der Waals surface area contributed by atoms with Crippen LogP contribution in [0.25, 0.3) is 0 Å². The molecule has 0 radical (unpaired) electrons. The van der Waals surface area contributed by atoms with E-state index in [2.05, 4.69) is 5.32 Å². The Morgan fingerprint density at radius 1 is 1.29 bits per heavy atom. The number of rotatable bonds is 4. The number of nitrogens with zero attached hydrogens (tertiary/aromatic N) is 2. The van der Waals surface area contributed by atoms with Crippen LogP contribution in [-0.4, -0.2) is 53.7 Å². The first-order valence-electron chi connectivity index (χ1n) is 8.31. The standard InChI is InChI=1S/C18H15ClF3N3O3/c19-13-4-3-12(18(20,21)22)10-14(13)23-16(26)11-24-5-7-25(8-6-24)17(27)15-2-1-9-28-15/h1-5,9-10H,6-8,11H2/p+1. The van der Waals surface area contributed by atoms with Crippen molar-refractivity contribution in [3.8, 4) is 0 Å². The second-order valence-corrected chi connectivity index (χ2v) is 6.53. The summed E-state index contributed by atoms with van der Waals surface area (Å²) < 4.78 is 45.2. The van der Waals surface area contributed by atoms with E-state index in [0.717, 1.165) is 18.2 Å². The number of furan rings is 1. The summed E-state index contributed by atoms with van der Waals surface area (Å²) in [6.07, 6.45) is -1.44. The van der Waals surface area contributed by atoms with E-state index in [1.807, 2.05) is 0 Å². The topological polar surface area (TPSA) is 65.6 Å². The number of hydrogen-bond acceptors (Lipinski definition) is 3. The fourth-order valence-electron chi connectivity index (χ4n) is 2.70. The molecule has 1 aliphatic heterocycles. The largest absolute Gasteiger partial charge is 0.459 e. The van der Waals surface area contributed by atoms with Crippen LogP contribution in [0.2, 0.25) is 5.02 Å². The highest BCUT2D eigenvalue weighted by Crippen LogP contribution is 2.33. The molecule has 1 aromatic heterocycles. The van der Waals surface area contributed by atoms with Crippen LogP contribution in [0.3, 0.4) is 0 Å². The molecule has 1 aromatic carbocycles. The third-order valence-electron chi connectivity index (χ3n) is 4.15. The zero-order valence-corrected chi connectivity index (χ0v) is 15.3. The van der Waals surface area contributed by atoms with Gasteiger partial charge in [0.25, 0.3) is 11.8 Å². The van der Waals surface area contributed by atoms with Crippen molar-refractivity contribution in [2.45, 2.75) is 6.18 Å². The highest BCUT2D eigenvalue weighted by atomic mass is 35.5. The molecule has 0 spiro atoms. The lowest BCUT2D eigenvalue weighted by Gasteiger charge is -2.22. The predicted octanol–water partition coefficient (Wildman–Crippen LogP) is 3.13. The maximum atomic E-state index is 12.8. The summed E-state index contributed by atoms with van der Waals surface area (Å²) in [4.78, 5) is 25.9. The number of anilines is 1. The van der Waals surface area contributed by atoms with Gasteiger partial charge in [-0.2, -0.15) is 13.2 Å². The molecule has 2 aromatic rings. The minimum atomic E-state index is -4.53. The summed E-state index contributed by atoms with van der Waals surface area (Å²) in [5, 5.41) is 2.41. The molecule has 28 heavy (non-hydrogen) atoms. The Morgan fingerprint density at radius 3 is 2.68 bits per heavy atom. The van der Waals surface area contributed by atoms with Gasteiger partial charge in [0, 0.05) is 0 Å². The average molecular weight is 415 g/mol. The van der Waals surface area contributed by atoms with Crippen LogP contribution in [0.1, 0.15) is 16.1 Å². The van der Waals surface area contributed by atoms with Crippen LogP contribution in [0.5, 0.6) is 0 Å². The van der Waals surface area contributed by atoms with E-state index in [-0.39, 0.29) is 35.5 Å². The van der Waals surface area contributed by atoms with Crippen LogP contribution in [-0.2, 0) is 11.0 Å². The SMILES string of the molecule is O=C(C[N+]1=CCN(C(=O)c2ccco2)CC1)Nc1cc(C(F)(F)F)ccc1Cl. The van der Waals surface area contributed by atoms with Gasteiger partial charge >= 0.3 is 6.18 Å². The number of halogens is 4. The summed E-state index contributed by atoms with van der Waals surface area (Å²) >= 11 is 5.88. The molecule has 2 heterocycles. The van der Waals surface area contributed by atoms with Gasteiger partial charge in [-0.05, 0) is 30.3 Å². The highest BCUT2D eigenvalue weighted by molar-refractivity contribution is 6.33. The first-order chi connectivity index (χ1) is 13.2. The van der Waals surface area contributed by atoms with E-state index in [4.69, 9.17) is 16.0 Å². The molecule has 0 unspecified atom stereocenters. The van der Waals surface area contributed by atoms with Crippen LogP contribution < -0.4 is 5.32 Å². The van der Waals surface area contributed by atoms with Crippen LogP contribution >= 0.6 is 11.6 Å². The molecule has 3 rings (SSSR count). The molecule has 1 N–H and O–H groups in total. The van der Waals surface area contributed by atoms with Crippen molar-refractivity contribution in [1.29, 1.82) is 0 Å². The number of amides is 2. The molecule has 148 valence electrons. The zero-order valence-electron chi connectivity index (χ0n) is 14.5. The number of carbonyl (C=O) groups excluding carboxylic acids is 2. The minimum absolute atomic E-state index is 0.0131. The molecule has 1 aliphatic rings. The number of carbonyl (C=O) groups is 2. The highest BCUT2D eigenvalue weighted by Gasteiger charge is 2.31. The Kier molecular flexibility index (Phi) is 5.73. The van der Waals surface area contributed by atoms with Crippen molar-refractivity contribution in [2.75, 3.05) is 31.5 Å². The lowest BCUT2D eigenvalue weighted by atomic mass is 10.2. The number of nitrogens with one attached hydrogen (secondary N) is 1. The Morgan fingerprint density at radius 2 is 2.07 bits per heavy atom. The van der Waals surface area contributed by atoms with Crippen molar-refractivity contribution in [3.63, 3.8) is 0 Å². The molecule has 10 heteroatoms. The second-order valence-electron chi connectivity index (χ2n) is 6.12. The lowest BCUT2D eigenvalue weighted by molar-refractivity contribution is -0.516. The van der Waals surface area contributed by atoms with Gasteiger partial charge in [-0.3, -0.25) is 9.59 Å². The van der Waals surface area contributed by atoms with E-state index in [9.17, 15) is 22.8 Å². The molecule has 0 aliphatic carbocycles. The van der Waals surface area contributed by atoms with Gasteiger partial charge in [0.05, 0.1) is 35.6 Å². The van der Waals surface area contributed by atoms with Gasteiger partial charge < -0.3 is 14.6 Å². The maximum absolute atomic E-state index is 12.8. The van der Waals surface area contributed by atoms with Gasteiger partial charge in [-0.1, -0.05) is 11.6 Å². The number of benzene rings is 1. The Hall–Kier alpha value is -2.81. The van der Waals surface area contributed by atoms with Gasteiger partial charge in [-0.15, -0.1) is 0 Å². The Bertz CT molecular complexity index is 911. The fourth-order valence-corrected chi connectivity index (χ4v) is 2.87. The van der Waals surface area contributed by atoms with Crippen molar-refractivity contribution >= 4 is 35.3 Å². The number of hydrogen-bond donors (Lipinski definition) is 1. The summed E-state index contributed by atoms with van der Waals surface area (Å²) in [6, 6.07) is 5.92. The predicted molar refractivity (Wildman–Crippen MR) is 95.8 cm³/mol. The van der Waals surface area contributed by atoms with Crippen LogP contribution in [0.4, 0.5) is 18.9 Å². The van der Waals surface area contributed by atoms with E-state index in [1.165, 1.54) is 6.26 Å². The van der Waals surface area contributed by atoms with E-state index < -0.39 is 17.6 Å². The molecular formula is C18H16ClF3N3O3+. The molecular weight excluding hydrogens is 399 g/mol. The lowest BCUT2D eigenvalue weighted by Crippen LogP contribution is -2.44. The third kappa shape index (κ3) is 4.72. The van der Waals surface area contributed by atoms with E-state index in [0.29, 0.717) is 13.1 Å². The Labute approximate surface area is 163 Å². The average Bonchev–Trinajstić information content (AvgIpc) is 3.17. The van der Waals surface area contributed by atoms with E-state index in [1.54, 1.807) is 27.8 Å². The summed E-state index contributed by atoms with van der Waals surface area (Å²) in [5.74, 6) is -0.525. The Balaban J connectivity index is 1.59. The van der Waals surface area contributed by atoms with E-state index >= 15 is 0 Å². The van der Waals surface area contributed by atoms with Crippen molar-refractivity contribution in [1.82, 2.24) is 4.90 Å². The van der Waals surface area contributed by atoms with Gasteiger partial charge in [0.1, 0.15) is 0 Å². The van der Waals surface area contributed by atoms with Crippen molar-refractivity contribution in [2.24, 2.45) is 0 Å². The molecule has 0 atom stereocenters. The monoisotopic (exact) mass is 414 g/mol. The smallest absolute Gasteiger partial charge is 0.416 e. The summed E-state index contributed by atoms with van der Waals surface area (Å²) in [6.45, 7) is 0.996. The molecule has 0 bridgehead atoms.